The lowest BCUT2D eigenvalue weighted by Gasteiger charge is -2.13. The maximum Gasteiger partial charge on any atom is 0.262 e. The van der Waals surface area contributed by atoms with Crippen molar-refractivity contribution < 1.29 is 9.84 Å². The largest absolute Gasteiger partial charge is 0.508 e. The minimum Gasteiger partial charge on any atom is -0.508 e. The number of aromatic amines is 1. The molecule has 0 bridgehead atoms. The van der Waals surface area contributed by atoms with Crippen molar-refractivity contribution >= 4 is 12.7 Å². The Balaban J connectivity index is 2.38. The Hall–Kier alpha value is -2.56. The summed E-state index contributed by atoms with van der Waals surface area (Å²) in [5.41, 5.74) is 0.670. The second-order valence-corrected chi connectivity index (χ2v) is 3.70. The van der Waals surface area contributed by atoms with Crippen molar-refractivity contribution in [1.29, 1.82) is 0 Å². The number of aromatic hydroxyl groups is 1. The van der Waals surface area contributed by atoms with Gasteiger partial charge < -0.3 is 14.8 Å². The average Bonchev–Trinajstić information content (AvgIpc) is 2.26. The van der Waals surface area contributed by atoms with Gasteiger partial charge in [-0.25, -0.2) is 0 Å². The monoisotopic (exact) mass is 228 g/mol. The molecule has 2 aromatic rings. The summed E-state index contributed by atoms with van der Waals surface area (Å²) in [6.07, 6.45) is 1.67. The van der Waals surface area contributed by atoms with Gasteiger partial charge in [0.15, 0.2) is 0 Å². The van der Waals surface area contributed by atoms with E-state index in [1.54, 1.807) is 12.1 Å². The zero-order chi connectivity index (χ0) is 12.0. The van der Waals surface area contributed by atoms with Gasteiger partial charge in [-0.15, -0.1) is 0 Å². The lowest BCUT2D eigenvalue weighted by molar-refractivity contribution is 0.435. The molecule has 2 heterocycles. The van der Waals surface area contributed by atoms with E-state index in [-0.39, 0.29) is 22.7 Å². The molecule has 0 amide bonds. The van der Waals surface area contributed by atoms with E-state index < -0.39 is 0 Å². The number of phenols is 1. The Morgan fingerprint density at radius 3 is 3.06 bits per heavy atom. The number of ether oxygens (including phenoxy) is 1. The Labute approximate surface area is 95.3 Å². The Morgan fingerprint density at radius 1 is 1.41 bits per heavy atom. The molecule has 0 saturated heterocycles. The van der Waals surface area contributed by atoms with Gasteiger partial charge in [-0.05, 0) is 18.2 Å². The van der Waals surface area contributed by atoms with Gasteiger partial charge in [0.25, 0.3) is 5.56 Å². The number of phenolic OH excluding ortho intramolecular Hbond substituents is 1. The summed E-state index contributed by atoms with van der Waals surface area (Å²) >= 11 is 0. The molecule has 3 rings (SSSR count). The maximum absolute atomic E-state index is 11.7. The first-order chi connectivity index (χ1) is 8.13. The lowest BCUT2D eigenvalue weighted by atomic mass is 10.1. The van der Waals surface area contributed by atoms with Crippen molar-refractivity contribution in [2.24, 2.45) is 0 Å². The minimum absolute atomic E-state index is 0.0975. The lowest BCUT2D eigenvalue weighted by Crippen LogP contribution is -2.37. The third-order valence-electron chi connectivity index (χ3n) is 2.47. The normalized spacial score (nSPS) is 12.0. The Kier molecular flexibility index (Phi) is 1.82. The van der Waals surface area contributed by atoms with E-state index in [9.17, 15) is 9.90 Å². The number of fused-ring (bicyclic) bond motifs is 2. The van der Waals surface area contributed by atoms with Gasteiger partial charge in [0, 0.05) is 11.6 Å². The Bertz CT molecular complexity index is 777. The van der Waals surface area contributed by atoms with E-state index in [0.29, 0.717) is 11.0 Å². The van der Waals surface area contributed by atoms with Crippen LogP contribution >= 0.6 is 0 Å². The number of rotatable bonds is 0. The molecule has 1 aliphatic heterocycles. The number of aromatic nitrogens is 2. The number of hydrogen-bond acceptors (Lipinski definition) is 4. The molecule has 0 radical (unpaired) electrons. The maximum atomic E-state index is 11.7. The molecule has 0 aliphatic carbocycles. The predicted molar refractivity (Wildman–Crippen MR) is 61.4 cm³/mol. The number of H-pyrrole nitrogens is 1. The van der Waals surface area contributed by atoms with Gasteiger partial charge >= 0.3 is 0 Å². The van der Waals surface area contributed by atoms with E-state index in [0.717, 1.165) is 5.56 Å². The molecular weight excluding hydrogens is 220 g/mol. The molecule has 0 unspecified atom stereocenters. The van der Waals surface area contributed by atoms with Crippen LogP contribution in [-0.2, 0) is 0 Å². The molecule has 1 aliphatic rings. The highest BCUT2D eigenvalue weighted by Crippen LogP contribution is 2.29. The smallest absolute Gasteiger partial charge is 0.262 e. The van der Waals surface area contributed by atoms with Crippen LogP contribution in [0.3, 0.4) is 0 Å². The molecule has 0 fully saturated rings. The SMILES string of the molecule is C=c1nc2c(c(=O)[nH]1)=Cc1ccc(O)cc1O2. The van der Waals surface area contributed by atoms with Crippen LogP contribution in [0.4, 0.5) is 0 Å². The molecule has 5 nitrogen and oxygen atoms in total. The van der Waals surface area contributed by atoms with Crippen LogP contribution in [0.15, 0.2) is 23.0 Å². The average molecular weight is 228 g/mol. The van der Waals surface area contributed by atoms with Crippen molar-refractivity contribution in [3.8, 4) is 17.4 Å². The number of hydrogen-bond donors (Lipinski definition) is 2. The molecule has 5 heteroatoms. The van der Waals surface area contributed by atoms with Crippen LogP contribution in [0.5, 0.6) is 17.4 Å². The molecule has 1 aromatic heterocycles. The second kappa shape index (κ2) is 3.21. The van der Waals surface area contributed by atoms with Crippen molar-refractivity contribution in [3.05, 3.63) is 44.8 Å². The number of nitrogens with one attached hydrogen (secondary N) is 1. The highest BCUT2D eigenvalue weighted by molar-refractivity contribution is 5.62. The van der Waals surface area contributed by atoms with Crippen LogP contribution in [0, 0.1) is 0 Å². The van der Waals surface area contributed by atoms with Crippen LogP contribution in [0.2, 0.25) is 0 Å². The zero-order valence-electron chi connectivity index (χ0n) is 8.73. The summed E-state index contributed by atoms with van der Waals surface area (Å²) in [5.74, 6) is 0.770. The van der Waals surface area contributed by atoms with Crippen molar-refractivity contribution in [3.63, 3.8) is 0 Å². The van der Waals surface area contributed by atoms with Gasteiger partial charge in [-0.2, -0.15) is 4.98 Å². The van der Waals surface area contributed by atoms with Crippen LogP contribution in [0.1, 0.15) is 5.56 Å². The van der Waals surface area contributed by atoms with Crippen LogP contribution < -0.4 is 21.0 Å². The van der Waals surface area contributed by atoms with Crippen LogP contribution in [0.25, 0.3) is 12.7 Å². The third kappa shape index (κ3) is 1.48. The van der Waals surface area contributed by atoms with E-state index >= 15 is 0 Å². The number of benzene rings is 1. The Morgan fingerprint density at radius 2 is 2.24 bits per heavy atom. The summed E-state index contributed by atoms with van der Waals surface area (Å²) in [5, 5.41) is 9.71. The van der Waals surface area contributed by atoms with Gasteiger partial charge in [0.1, 0.15) is 22.2 Å². The third-order valence-corrected chi connectivity index (χ3v) is 2.47. The van der Waals surface area contributed by atoms with Gasteiger partial charge in [-0.3, -0.25) is 4.79 Å². The van der Waals surface area contributed by atoms with E-state index in [4.69, 9.17) is 4.74 Å². The fourth-order valence-electron chi connectivity index (χ4n) is 1.70. The molecule has 84 valence electrons. The van der Waals surface area contributed by atoms with E-state index in [1.807, 2.05) is 0 Å². The van der Waals surface area contributed by atoms with Gasteiger partial charge in [0.2, 0.25) is 5.88 Å². The number of nitrogens with zero attached hydrogens (tertiary/aromatic N) is 1. The minimum atomic E-state index is -0.293. The molecular formula is C12H8N2O3. The topological polar surface area (TPSA) is 75.2 Å². The van der Waals surface area contributed by atoms with Crippen LogP contribution in [-0.4, -0.2) is 15.1 Å². The predicted octanol–water partition coefficient (Wildman–Crippen LogP) is -0.180. The summed E-state index contributed by atoms with van der Waals surface area (Å²) in [6.45, 7) is 3.55. The molecule has 2 N–H and O–H groups in total. The molecule has 0 spiro atoms. The van der Waals surface area contributed by atoms with Gasteiger partial charge in [0.05, 0.1) is 0 Å². The van der Waals surface area contributed by atoms with Gasteiger partial charge in [-0.1, -0.05) is 6.58 Å². The first kappa shape index (κ1) is 9.65. The highest BCUT2D eigenvalue weighted by atomic mass is 16.5. The standard InChI is InChI=1S/C12H8N2O3/c1-6-13-11(16)9-4-7-2-3-8(15)5-10(7)17-12(9)14-6/h2-5,15H,1H2,(H,13,16). The summed E-state index contributed by atoms with van der Waals surface area (Å²) in [6, 6.07) is 4.67. The highest BCUT2D eigenvalue weighted by Gasteiger charge is 2.14. The van der Waals surface area contributed by atoms with Crippen molar-refractivity contribution in [2.75, 3.05) is 0 Å². The van der Waals surface area contributed by atoms with E-state index in [1.165, 1.54) is 12.1 Å². The van der Waals surface area contributed by atoms with Crippen molar-refractivity contribution in [2.45, 2.75) is 0 Å². The second-order valence-electron chi connectivity index (χ2n) is 3.70. The molecule has 0 saturated carbocycles. The molecule has 1 aromatic carbocycles. The summed E-state index contributed by atoms with van der Waals surface area (Å²) in [4.78, 5) is 18.2. The first-order valence-corrected chi connectivity index (χ1v) is 4.95. The molecule has 0 atom stereocenters. The fraction of sp³-hybridized carbons (Fsp3) is 0. The zero-order valence-corrected chi connectivity index (χ0v) is 8.73. The summed E-state index contributed by atoms with van der Waals surface area (Å²) < 4.78 is 5.46. The molecule has 17 heavy (non-hydrogen) atoms. The van der Waals surface area contributed by atoms with Crippen molar-refractivity contribution in [1.82, 2.24) is 9.97 Å². The first-order valence-electron chi connectivity index (χ1n) is 4.95. The quantitative estimate of drug-likeness (QED) is 0.559. The van der Waals surface area contributed by atoms with E-state index in [2.05, 4.69) is 16.5 Å². The summed E-state index contributed by atoms with van der Waals surface area (Å²) in [7, 11) is 0. The fourth-order valence-corrected chi connectivity index (χ4v) is 1.70.